The van der Waals surface area contributed by atoms with Crippen molar-refractivity contribution in [3.63, 3.8) is 0 Å². The topological polar surface area (TPSA) is 109 Å². The molecule has 36 heavy (non-hydrogen) atoms. The third kappa shape index (κ3) is 5.13. The summed E-state index contributed by atoms with van der Waals surface area (Å²) in [7, 11) is 1.72. The van der Waals surface area contributed by atoms with Gasteiger partial charge in [0.25, 0.3) is 5.91 Å². The lowest BCUT2D eigenvalue weighted by atomic mass is 9.93. The summed E-state index contributed by atoms with van der Waals surface area (Å²) in [6, 6.07) is 3.85. The van der Waals surface area contributed by atoms with Crippen molar-refractivity contribution in [1.82, 2.24) is 29.9 Å². The van der Waals surface area contributed by atoms with Gasteiger partial charge in [-0.05, 0) is 43.4 Å². The van der Waals surface area contributed by atoms with Gasteiger partial charge in [0.15, 0.2) is 0 Å². The summed E-state index contributed by atoms with van der Waals surface area (Å²) in [6.07, 6.45) is 5.28. The zero-order valence-electron chi connectivity index (χ0n) is 19.6. The number of hydrogen-bond acceptors (Lipinski definition) is 6. The van der Waals surface area contributed by atoms with Crippen LogP contribution >= 0.6 is 0 Å². The van der Waals surface area contributed by atoms with Crippen LogP contribution in [0.4, 0.5) is 19.1 Å². The van der Waals surface area contributed by atoms with Crippen molar-refractivity contribution >= 4 is 28.4 Å². The molecule has 9 nitrogen and oxygen atoms in total. The van der Waals surface area contributed by atoms with Gasteiger partial charge in [0, 0.05) is 49.2 Å². The third-order valence-electron chi connectivity index (χ3n) is 6.54. The molecule has 190 valence electrons. The third-order valence-corrected chi connectivity index (χ3v) is 6.54. The van der Waals surface area contributed by atoms with Gasteiger partial charge in [-0.15, -0.1) is 0 Å². The number of nitrogens with one attached hydrogen (secondary N) is 3. The SMILES string of the molecule is CO[C@H]1CC[C@H](NC(=O)c2cnn3ccc(-c4c[nH]c5nc(NCCC(F)(F)F)ncc45)cc23)CC1. The number of fused-ring (bicyclic) bond motifs is 2. The maximum atomic E-state index is 13.0. The van der Waals surface area contributed by atoms with E-state index in [2.05, 4.69) is 30.7 Å². The van der Waals surface area contributed by atoms with Crippen molar-refractivity contribution in [2.24, 2.45) is 0 Å². The second-order valence-electron chi connectivity index (χ2n) is 8.94. The number of nitrogens with zero attached hydrogens (tertiary/aromatic N) is 4. The molecule has 0 saturated heterocycles. The molecule has 12 heteroatoms. The molecular formula is C24H26F3N7O2. The Labute approximate surface area is 204 Å². The predicted octanol–water partition coefficient (Wildman–Crippen LogP) is 4.32. The Balaban J connectivity index is 1.35. The number of aromatic nitrogens is 5. The van der Waals surface area contributed by atoms with Crippen molar-refractivity contribution in [3.05, 3.63) is 42.5 Å². The van der Waals surface area contributed by atoms with Gasteiger partial charge in [-0.3, -0.25) is 4.79 Å². The number of H-pyrrole nitrogens is 1. The second-order valence-corrected chi connectivity index (χ2v) is 8.94. The minimum absolute atomic E-state index is 0.103. The number of hydrogen-bond donors (Lipinski definition) is 3. The van der Waals surface area contributed by atoms with Crippen molar-refractivity contribution < 1.29 is 22.7 Å². The minimum atomic E-state index is -4.25. The molecule has 1 aliphatic rings. The normalized spacial score (nSPS) is 18.6. The molecule has 1 fully saturated rings. The molecule has 1 amide bonds. The van der Waals surface area contributed by atoms with Gasteiger partial charge in [-0.2, -0.15) is 23.3 Å². The number of rotatable bonds is 7. The first-order chi connectivity index (χ1) is 17.3. The first kappa shape index (κ1) is 24.0. The van der Waals surface area contributed by atoms with Gasteiger partial charge in [-0.1, -0.05) is 0 Å². The number of anilines is 1. The summed E-state index contributed by atoms with van der Waals surface area (Å²) in [5.41, 5.74) is 3.27. The monoisotopic (exact) mass is 501 g/mol. The van der Waals surface area contributed by atoms with E-state index >= 15 is 0 Å². The number of pyridine rings is 1. The number of carbonyl (C=O) groups excluding carboxylic acids is 1. The van der Waals surface area contributed by atoms with Gasteiger partial charge >= 0.3 is 6.18 Å². The zero-order valence-corrected chi connectivity index (χ0v) is 19.6. The molecule has 0 unspecified atom stereocenters. The lowest BCUT2D eigenvalue weighted by molar-refractivity contribution is -0.131. The van der Waals surface area contributed by atoms with Crippen LogP contribution in [0.3, 0.4) is 0 Å². The molecule has 0 radical (unpaired) electrons. The first-order valence-corrected chi connectivity index (χ1v) is 11.8. The van der Waals surface area contributed by atoms with Crippen LogP contribution in [0.15, 0.2) is 36.9 Å². The van der Waals surface area contributed by atoms with Gasteiger partial charge in [-0.25, -0.2) is 9.50 Å². The first-order valence-electron chi connectivity index (χ1n) is 11.8. The lowest BCUT2D eigenvalue weighted by Gasteiger charge is -2.28. The van der Waals surface area contributed by atoms with Crippen LogP contribution in [0.2, 0.25) is 0 Å². The molecule has 4 heterocycles. The number of carbonyl (C=O) groups is 1. The van der Waals surface area contributed by atoms with Crippen LogP contribution in [0.1, 0.15) is 42.5 Å². The summed E-state index contributed by atoms with van der Waals surface area (Å²) in [4.78, 5) is 24.5. The predicted molar refractivity (Wildman–Crippen MR) is 128 cm³/mol. The highest BCUT2D eigenvalue weighted by molar-refractivity contribution is 6.02. The molecule has 0 atom stereocenters. The summed E-state index contributed by atoms with van der Waals surface area (Å²) < 4.78 is 44.2. The fourth-order valence-electron chi connectivity index (χ4n) is 4.58. The molecule has 3 N–H and O–H groups in total. The van der Waals surface area contributed by atoms with E-state index in [1.807, 2.05) is 12.1 Å². The number of ether oxygens (including phenoxy) is 1. The van der Waals surface area contributed by atoms with Gasteiger partial charge in [0.2, 0.25) is 5.95 Å². The summed E-state index contributed by atoms with van der Waals surface area (Å²) >= 11 is 0. The average molecular weight is 502 g/mol. The fourth-order valence-corrected chi connectivity index (χ4v) is 4.58. The van der Waals surface area contributed by atoms with Crippen LogP contribution in [0.25, 0.3) is 27.7 Å². The fraction of sp³-hybridized carbons (Fsp3) is 0.417. The Morgan fingerprint density at radius 1 is 1.25 bits per heavy atom. The number of aromatic amines is 1. The summed E-state index contributed by atoms with van der Waals surface area (Å²) in [5.74, 6) is -0.0512. The second kappa shape index (κ2) is 9.76. The molecule has 5 rings (SSSR count). The Bertz CT molecular complexity index is 1370. The molecule has 0 aromatic carbocycles. The van der Waals surface area contributed by atoms with E-state index in [1.165, 1.54) is 0 Å². The molecule has 1 aliphatic carbocycles. The Morgan fingerprint density at radius 2 is 2.06 bits per heavy atom. The highest BCUT2D eigenvalue weighted by Crippen LogP contribution is 2.30. The van der Waals surface area contributed by atoms with E-state index in [0.29, 0.717) is 22.1 Å². The van der Waals surface area contributed by atoms with Crippen LogP contribution in [0, 0.1) is 0 Å². The van der Waals surface area contributed by atoms with Crippen LogP contribution < -0.4 is 10.6 Å². The van der Waals surface area contributed by atoms with E-state index in [4.69, 9.17) is 4.74 Å². The minimum Gasteiger partial charge on any atom is -0.381 e. The summed E-state index contributed by atoms with van der Waals surface area (Å²) in [6.45, 7) is -0.306. The highest BCUT2D eigenvalue weighted by atomic mass is 19.4. The molecule has 4 aromatic heterocycles. The Hall–Kier alpha value is -3.67. The smallest absolute Gasteiger partial charge is 0.381 e. The van der Waals surface area contributed by atoms with Crippen molar-refractivity contribution in [2.75, 3.05) is 19.0 Å². The van der Waals surface area contributed by atoms with E-state index in [1.54, 1.807) is 36.4 Å². The standard InChI is InChI=1S/C24H26F3N7O2/c1-36-16-4-2-15(3-5-16)32-22(35)19-13-31-34-9-6-14(10-20(19)34)17-11-29-21-18(17)12-30-23(33-21)28-8-7-24(25,26)27/h6,9-13,15-16H,2-5,7-8H2,1H3,(H,32,35)(H2,28,29,30,33)/t15-,16-. The van der Waals surface area contributed by atoms with E-state index < -0.39 is 12.6 Å². The number of alkyl halides is 3. The molecule has 0 aliphatic heterocycles. The zero-order chi connectivity index (χ0) is 25.3. The van der Waals surface area contributed by atoms with Gasteiger partial charge in [0.05, 0.1) is 29.8 Å². The van der Waals surface area contributed by atoms with Crippen LogP contribution in [-0.4, -0.2) is 62.4 Å². The summed E-state index contributed by atoms with van der Waals surface area (Å²) in [5, 5.41) is 10.7. The van der Waals surface area contributed by atoms with Crippen molar-refractivity contribution in [1.29, 1.82) is 0 Å². The average Bonchev–Trinajstić information content (AvgIpc) is 3.47. The van der Waals surface area contributed by atoms with Crippen molar-refractivity contribution in [3.8, 4) is 11.1 Å². The number of methoxy groups -OCH3 is 1. The van der Waals surface area contributed by atoms with Gasteiger partial charge < -0.3 is 20.4 Å². The van der Waals surface area contributed by atoms with Crippen LogP contribution in [0.5, 0.6) is 0 Å². The molecule has 4 aromatic rings. The number of amides is 1. The molecule has 1 saturated carbocycles. The Kier molecular flexibility index (Phi) is 6.52. The number of halogens is 3. The molecular weight excluding hydrogens is 475 g/mol. The molecule has 0 bridgehead atoms. The quantitative estimate of drug-likeness (QED) is 0.348. The van der Waals surface area contributed by atoms with Gasteiger partial charge in [0.1, 0.15) is 5.65 Å². The lowest BCUT2D eigenvalue weighted by Crippen LogP contribution is -2.38. The largest absolute Gasteiger partial charge is 0.390 e. The van der Waals surface area contributed by atoms with E-state index in [0.717, 1.165) is 36.8 Å². The molecule has 0 spiro atoms. The van der Waals surface area contributed by atoms with E-state index in [-0.39, 0.29) is 30.5 Å². The van der Waals surface area contributed by atoms with Crippen LogP contribution in [-0.2, 0) is 4.74 Å². The highest BCUT2D eigenvalue weighted by Gasteiger charge is 2.26. The van der Waals surface area contributed by atoms with E-state index in [9.17, 15) is 18.0 Å². The van der Waals surface area contributed by atoms with Crippen molar-refractivity contribution in [2.45, 2.75) is 50.4 Å². The maximum Gasteiger partial charge on any atom is 0.390 e. The Morgan fingerprint density at radius 3 is 2.81 bits per heavy atom. The maximum absolute atomic E-state index is 13.0.